The number of aromatic amines is 1. The van der Waals surface area contributed by atoms with Crippen LogP contribution in [0, 0.1) is 0 Å². The third kappa shape index (κ3) is 3.97. The maximum absolute atomic E-state index is 12.3. The van der Waals surface area contributed by atoms with Gasteiger partial charge in [0.2, 0.25) is 0 Å². The van der Waals surface area contributed by atoms with Crippen LogP contribution in [-0.4, -0.2) is 80.6 Å². The summed E-state index contributed by atoms with van der Waals surface area (Å²) in [7, 11) is -4.11. The zero-order valence-corrected chi connectivity index (χ0v) is 14.5. The largest absolute Gasteiger partial charge is 0.405 e. The van der Waals surface area contributed by atoms with Crippen molar-refractivity contribution in [3.8, 4) is 0 Å². The summed E-state index contributed by atoms with van der Waals surface area (Å²) in [5, 5.41) is 20.2. The van der Waals surface area contributed by atoms with Gasteiger partial charge in [-0.3, -0.25) is 18.9 Å². The Morgan fingerprint density at radius 2 is 1.96 bits per heavy atom. The number of H-pyrrole nitrogens is 1. The van der Waals surface area contributed by atoms with Crippen LogP contribution >= 0.6 is 7.75 Å². The number of hydrogen-bond acceptors (Lipinski definition) is 8. The highest BCUT2D eigenvalue weighted by molar-refractivity contribution is 7.50. The molecule has 13 heteroatoms. The minimum absolute atomic E-state index is 0.222. The maximum atomic E-state index is 12.3. The average Bonchev–Trinajstić information content (AvgIpc) is 2.89. The number of hydrogen-bond donors (Lipinski definition) is 4. The van der Waals surface area contributed by atoms with E-state index in [0.717, 1.165) is 16.8 Å². The lowest BCUT2D eigenvalue weighted by atomic mass is 10.1. The van der Waals surface area contributed by atoms with Gasteiger partial charge in [-0.05, 0) is 0 Å². The molecule has 0 bridgehead atoms. The summed E-state index contributed by atoms with van der Waals surface area (Å²) in [6.07, 6.45) is -4.24. The Balaban J connectivity index is 1.67. The maximum Gasteiger partial charge on any atom is 0.405 e. The van der Waals surface area contributed by atoms with Crippen molar-refractivity contribution in [3.05, 3.63) is 33.1 Å². The lowest BCUT2D eigenvalue weighted by Crippen LogP contribution is -2.38. The van der Waals surface area contributed by atoms with E-state index in [4.69, 9.17) is 14.0 Å². The van der Waals surface area contributed by atoms with Crippen molar-refractivity contribution < 1.29 is 33.7 Å². The Kier molecular flexibility index (Phi) is 5.75. The van der Waals surface area contributed by atoms with E-state index in [9.17, 15) is 29.3 Å². The SMILES string of the molecule is O=c1ccn([C@@H]2O[C@H](COP(=O)(O)N3CCOCC3)[C@H](O)C2O)c(=O)[nH]1. The molecule has 2 saturated heterocycles. The van der Waals surface area contributed by atoms with Gasteiger partial charge in [-0.15, -0.1) is 0 Å². The molecular weight excluding hydrogens is 373 g/mol. The predicted octanol–water partition coefficient (Wildman–Crippen LogP) is -2.39. The molecule has 2 aliphatic rings. The monoisotopic (exact) mass is 393 g/mol. The molecule has 1 aromatic rings. The van der Waals surface area contributed by atoms with E-state index >= 15 is 0 Å². The zero-order chi connectivity index (χ0) is 18.9. The highest BCUT2D eigenvalue weighted by Gasteiger charge is 2.45. The van der Waals surface area contributed by atoms with E-state index in [-0.39, 0.29) is 13.1 Å². The Bertz CT molecular complexity index is 790. The lowest BCUT2D eigenvalue weighted by Gasteiger charge is -2.30. The van der Waals surface area contributed by atoms with Gasteiger partial charge < -0.3 is 24.6 Å². The molecule has 2 aliphatic heterocycles. The first kappa shape index (κ1) is 19.4. The van der Waals surface area contributed by atoms with Crippen LogP contribution in [0.5, 0.6) is 0 Å². The number of nitrogens with zero attached hydrogens (tertiary/aromatic N) is 2. The third-order valence-corrected chi connectivity index (χ3v) is 5.81. The van der Waals surface area contributed by atoms with Gasteiger partial charge in [0.05, 0.1) is 19.8 Å². The van der Waals surface area contributed by atoms with Crippen molar-refractivity contribution in [1.29, 1.82) is 0 Å². The zero-order valence-electron chi connectivity index (χ0n) is 13.6. The van der Waals surface area contributed by atoms with E-state index in [2.05, 4.69) is 0 Å². The van der Waals surface area contributed by atoms with Crippen LogP contribution in [0.4, 0.5) is 0 Å². The molecule has 2 unspecified atom stereocenters. The summed E-state index contributed by atoms with van der Waals surface area (Å²) in [6, 6.07) is 1.06. The molecule has 146 valence electrons. The number of rotatable bonds is 5. The summed E-state index contributed by atoms with van der Waals surface area (Å²) in [5.41, 5.74) is -1.44. The molecule has 0 saturated carbocycles. The van der Waals surface area contributed by atoms with Crippen LogP contribution < -0.4 is 11.2 Å². The second-order valence-electron chi connectivity index (χ2n) is 5.92. The topological polar surface area (TPSA) is 164 Å². The van der Waals surface area contributed by atoms with E-state index in [1.54, 1.807) is 0 Å². The molecule has 0 spiro atoms. The number of aliphatic hydroxyl groups is 2. The molecule has 0 aliphatic carbocycles. The number of morpholine rings is 1. The molecule has 3 heterocycles. The molecule has 1 aromatic heterocycles. The Morgan fingerprint density at radius 1 is 1.27 bits per heavy atom. The number of aliphatic hydroxyl groups excluding tert-OH is 2. The number of nitrogens with one attached hydrogen (secondary N) is 1. The first-order chi connectivity index (χ1) is 12.3. The third-order valence-electron chi connectivity index (χ3n) is 4.21. The summed E-state index contributed by atoms with van der Waals surface area (Å²) < 4.78 is 30.0. The number of ether oxygens (including phenoxy) is 2. The molecule has 2 fully saturated rings. The molecular formula is C13H20N3O9P. The second kappa shape index (κ2) is 7.71. The van der Waals surface area contributed by atoms with Crippen LogP contribution in [0.1, 0.15) is 6.23 Å². The van der Waals surface area contributed by atoms with Crippen LogP contribution in [0.15, 0.2) is 21.9 Å². The molecule has 0 aromatic carbocycles. The molecule has 12 nitrogen and oxygen atoms in total. The molecule has 4 N–H and O–H groups in total. The van der Waals surface area contributed by atoms with Gasteiger partial charge >= 0.3 is 13.4 Å². The normalized spacial score (nSPS) is 32.4. The highest BCUT2D eigenvalue weighted by Crippen LogP contribution is 2.47. The van der Waals surface area contributed by atoms with Crippen LogP contribution in [0.3, 0.4) is 0 Å². The summed E-state index contributed by atoms with van der Waals surface area (Å²) in [5.74, 6) is 0. The van der Waals surface area contributed by atoms with E-state index < -0.39 is 50.1 Å². The second-order valence-corrected chi connectivity index (χ2v) is 7.72. The molecule has 3 rings (SSSR count). The van der Waals surface area contributed by atoms with Gasteiger partial charge in [0.25, 0.3) is 5.56 Å². The first-order valence-corrected chi connectivity index (χ1v) is 9.46. The molecule has 0 amide bonds. The van der Waals surface area contributed by atoms with Gasteiger partial charge in [-0.2, -0.15) is 0 Å². The van der Waals surface area contributed by atoms with Crippen LogP contribution in [0.25, 0.3) is 0 Å². The summed E-state index contributed by atoms with van der Waals surface area (Å²) in [4.78, 5) is 35.0. The smallest absolute Gasteiger partial charge is 0.387 e. The van der Waals surface area contributed by atoms with Gasteiger partial charge in [0.1, 0.15) is 18.3 Å². The molecule has 5 atom stereocenters. The standard InChI is InChI=1S/C13H20N3O9P/c17-9-1-2-16(13(20)14-9)12-11(19)10(18)8(25-12)7-24-26(21,22)15-3-5-23-6-4-15/h1-2,8,10-12,18-19H,3-7H2,(H,21,22)(H,14,17,20)/t8-,10+,11?,12-/m1/s1. The highest BCUT2D eigenvalue weighted by atomic mass is 31.2. The Morgan fingerprint density at radius 3 is 2.62 bits per heavy atom. The quantitative estimate of drug-likeness (QED) is 0.397. The predicted molar refractivity (Wildman–Crippen MR) is 85.4 cm³/mol. The van der Waals surface area contributed by atoms with Gasteiger partial charge in [-0.25, -0.2) is 14.0 Å². The fourth-order valence-corrected chi connectivity index (χ4v) is 3.96. The fourth-order valence-electron chi connectivity index (χ4n) is 2.78. The number of aromatic nitrogens is 2. The minimum Gasteiger partial charge on any atom is -0.387 e. The van der Waals surface area contributed by atoms with Crippen molar-refractivity contribution in [2.24, 2.45) is 0 Å². The average molecular weight is 393 g/mol. The first-order valence-electron chi connectivity index (χ1n) is 7.93. The van der Waals surface area contributed by atoms with E-state index in [1.165, 1.54) is 4.67 Å². The Labute approximate surface area is 147 Å². The van der Waals surface area contributed by atoms with Crippen molar-refractivity contribution in [3.63, 3.8) is 0 Å². The molecule has 26 heavy (non-hydrogen) atoms. The summed E-state index contributed by atoms with van der Waals surface area (Å²) >= 11 is 0. The van der Waals surface area contributed by atoms with Crippen molar-refractivity contribution in [2.75, 3.05) is 32.9 Å². The van der Waals surface area contributed by atoms with E-state index in [0.29, 0.717) is 13.2 Å². The van der Waals surface area contributed by atoms with Gasteiger partial charge in [0, 0.05) is 25.4 Å². The van der Waals surface area contributed by atoms with Crippen molar-refractivity contribution in [1.82, 2.24) is 14.2 Å². The van der Waals surface area contributed by atoms with Crippen LogP contribution in [0.2, 0.25) is 0 Å². The van der Waals surface area contributed by atoms with E-state index in [1.807, 2.05) is 4.98 Å². The Hall–Kier alpha value is -1.37. The van der Waals surface area contributed by atoms with Gasteiger partial charge in [-0.1, -0.05) is 0 Å². The fraction of sp³-hybridized carbons (Fsp3) is 0.692. The lowest BCUT2D eigenvalue weighted by molar-refractivity contribution is -0.0545. The van der Waals surface area contributed by atoms with Crippen LogP contribution in [-0.2, 0) is 18.6 Å². The summed E-state index contributed by atoms with van der Waals surface area (Å²) in [6.45, 7) is 0.566. The van der Waals surface area contributed by atoms with Crippen molar-refractivity contribution >= 4 is 7.75 Å². The molecule has 0 radical (unpaired) electrons. The van der Waals surface area contributed by atoms with Gasteiger partial charge in [0.15, 0.2) is 6.23 Å². The van der Waals surface area contributed by atoms with Crippen molar-refractivity contribution in [2.45, 2.75) is 24.5 Å². The minimum atomic E-state index is -4.11.